The second-order valence-corrected chi connectivity index (χ2v) is 6.66. The molecule has 0 spiro atoms. The van der Waals surface area contributed by atoms with Crippen LogP contribution in [0, 0.1) is 12.7 Å². The van der Waals surface area contributed by atoms with Gasteiger partial charge in [-0.15, -0.1) is 0 Å². The van der Waals surface area contributed by atoms with Crippen molar-refractivity contribution in [3.63, 3.8) is 0 Å². The molecule has 2 aromatic carbocycles. The Morgan fingerprint density at radius 2 is 2.08 bits per heavy atom. The molecule has 4 N–H and O–H groups in total. The van der Waals surface area contributed by atoms with Crippen molar-refractivity contribution in [1.82, 2.24) is 10.6 Å². The number of guanidine groups is 1. The lowest BCUT2D eigenvalue weighted by Crippen LogP contribution is -2.42. The number of fused-ring (bicyclic) bond motifs is 1. The monoisotopic (exact) mass is 336 g/mol. The molecule has 0 saturated carbocycles. The molecule has 2 aromatic rings. The number of benzene rings is 2. The zero-order chi connectivity index (χ0) is 17.4. The third-order valence-electron chi connectivity index (χ3n) is 4.86. The Labute approximate surface area is 146 Å². The fourth-order valence-electron chi connectivity index (χ4n) is 3.60. The first-order valence-corrected chi connectivity index (χ1v) is 8.49. The smallest absolute Gasteiger partial charge is 0.193 e. The second kappa shape index (κ2) is 6.33. The molecule has 5 heteroatoms. The summed E-state index contributed by atoms with van der Waals surface area (Å²) < 4.78 is 13.9. The van der Waals surface area contributed by atoms with Gasteiger partial charge >= 0.3 is 0 Å². The van der Waals surface area contributed by atoms with Gasteiger partial charge in [0.2, 0.25) is 0 Å². The molecule has 2 heterocycles. The minimum Gasteiger partial charge on any atom is -0.370 e. The Balaban J connectivity index is 1.71. The molecule has 25 heavy (non-hydrogen) atoms. The molecule has 1 saturated heterocycles. The number of nitrogens with one attached hydrogen (secondary N) is 2. The van der Waals surface area contributed by atoms with Crippen molar-refractivity contribution in [3.05, 3.63) is 71.2 Å². The molecule has 0 aromatic heterocycles. The van der Waals surface area contributed by atoms with E-state index < -0.39 is 0 Å². The topological polar surface area (TPSA) is 62.4 Å². The normalized spacial score (nSPS) is 22.5. The van der Waals surface area contributed by atoms with Gasteiger partial charge in [-0.3, -0.25) is 0 Å². The summed E-state index contributed by atoms with van der Waals surface area (Å²) in [6.45, 7) is 2.79. The Kier molecular flexibility index (Phi) is 4.01. The van der Waals surface area contributed by atoms with Crippen molar-refractivity contribution < 1.29 is 4.39 Å². The number of nitrogens with two attached hydrogens (primary N) is 1. The van der Waals surface area contributed by atoms with E-state index in [2.05, 4.69) is 21.7 Å². The summed E-state index contributed by atoms with van der Waals surface area (Å²) >= 11 is 0. The van der Waals surface area contributed by atoms with Crippen LogP contribution >= 0.6 is 0 Å². The van der Waals surface area contributed by atoms with Gasteiger partial charge in [-0.2, -0.15) is 0 Å². The van der Waals surface area contributed by atoms with Crippen LogP contribution in [0.15, 0.2) is 59.2 Å². The maximum absolute atomic E-state index is 13.9. The molecule has 0 bridgehead atoms. The zero-order valence-corrected chi connectivity index (χ0v) is 14.1. The molecular formula is C20H21FN4. The highest BCUT2D eigenvalue weighted by molar-refractivity contribution is 5.80. The molecule has 128 valence electrons. The van der Waals surface area contributed by atoms with Gasteiger partial charge < -0.3 is 16.4 Å². The number of halogens is 1. The van der Waals surface area contributed by atoms with Crippen molar-refractivity contribution in [3.8, 4) is 11.1 Å². The molecule has 2 aliphatic heterocycles. The van der Waals surface area contributed by atoms with Crippen LogP contribution in [0.25, 0.3) is 11.1 Å². The predicted octanol–water partition coefficient (Wildman–Crippen LogP) is 3.01. The van der Waals surface area contributed by atoms with E-state index in [1.54, 1.807) is 6.07 Å². The van der Waals surface area contributed by atoms with Gasteiger partial charge in [0.15, 0.2) is 5.96 Å². The van der Waals surface area contributed by atoms with Crippen LogP contribution in [0.4, 0.5) is 4.39 Å². The van der Waals surface area contributed by atoms with Crippen molar-refractivity contribution in [2.24, 2.45) is 10.7 Å². The Bertz CT molecular complexity index is 872. The number of aryl methyl sites for hydroxylation is 1. The van der Waals surface area contributed by atoms with E-state index in [0.29, 0.717) is 5.96 Å². The minimum absolute atomic E-state index is 0.0721. The summed E-state index contributed by atoms with van der Waals surface area (Å²) in [5.74, 6) is 0.230. The summed E-state index contributed by atoms with van der Waals surface area (Å²) in [5, 5.41) is 6.52. The first-order valence-electron chi connectivity index (χ1n) is 8.49. The lowest BCUT2D eigenvalue weighted by molar-refractivity contribution is 0.431. The molecule has 2 aliphatic rings. The van der Waals surface area contributed by atoms with Crippen molar-refractivity contribution in [1.29, 1.82) is 0 Å². The second-order valence-electron chi connectivity index (χ2n) is 6.66. The van der Waals surface area contributed by atoms with Gasteiger partial charge in [-0.25, -0.2) is 9.38 Å². The van der Waals surface area contributed by atoms with E-state index in [4.69, 9.17) is 5.73 Å². The largest absolute Gasteiger partial charge is 0.370 e. The molecular weight excluding hydrogens is 315 g/mol. The van der Waals surface area contributed by atoms with Gasteiger partial charge in [0.25, 0.3) is 0 Å². The molecule has 0 aliphatic carbocycles. The fraction of sp³-hybridized carbons (Fsp3) is 0.250. The first-order chi connectivity index (χ1) is 12.1. The molecule has 1 unspecified atom stereocenters. The number of hydrogen-bond donors (Lipinski definition) is 3. The molecule has 4 nitrogen and oxygen atoms in total. The number of piperidine rings is 1. The SMILES string of the molecule is Cc1cccc(-c2cc(F)ccc2C2C[C@H]3N=C(N)NC=C3CN2)c1. The number of aliphatic imine (C=N–C) groups is 1. The summed E-state index contributed by atoms with van der Waals surface area (Å²) in [5.41, 5.74) is 11.2. The highest BCUT2D eigenvalue weighted by atomic mass is 19.1. The number of hydrogen-bond acceptors (Lipinski definition) is 4. The van der Waals surface area contributed by atoms with Crippen LogP contribution < -0.4 is 16.4 Å². The molecule has 0 amide bonds. The highest BCUT2D eigenvalue weighted by Gasteiger charge is 2.29. The zero-order valence-electron chi connectivity index (χ0n) is 14.1. The van der Waals surface area contributed by atoms with Crippen LogP contribution in [-0.2, 0) is 0 Å². The van der Waals surface area contributed by atoms with Gasteiger partial charge in [0.1, 0.15) is 5.82 Å². The van der Waals surface area contributed by atoms with E-state index in [0.717, 1.165) is 35.2 Å². The highest BCUT2D eigenvalue weighted by Crippen LogP contribution is 2.35. The predicted molar refractivity (Wildman–Crippen MR) is 98.6 cm³/mol. The third-order valence-corrected chi connectivity index (χ3v) is 4.86. The van der Waals surface area contributed by atoms with Crippen molar-refractivity contribution >= 4 is 5.96 Å². The van der Waals surface area contributed by atoms with E-state index in [1.807, 2.05) is 37.4 Å². The van der Waals surface area contributed by atoms with E-state index >= 15 is 0 Å². The maximum atomic E-state index is 13.9. The molecule has 2 atom stereocenters. The summed E-state index contributed by atoms with van der Waals surface area (Å²) in [7, 11) is 0. The van der Waals surface area contributed by atoms with Gasteiger partial charge in [0.05, 0.1) is 6.04 Å². The molecule has 0 radical (unpaired) electrons. The van der Waals surface area contributed by atoms with Crippen molar-refractivity contribution in [2.45, 2.75) is 25.4 Å². The summed E-state index contributed by atoms with van der Waals surface area (Å²) in [6, 6.07) is 13.4. The van der Waals surface area contributed by atoms with E-state index in [1.165, 1.54) is 11.6 Å². The average Bonchev–Trinajstić information content (AvgIpc) is 2.61. The number of rotatable bonds is 2. The Morgan fingerprint density at radius 3 is 2.92 bits per heavy atom. The Hall–Kier alpha value is -2.66. The third kappa shape index (κ3) is 3.15. The average molecular weight is 336 g/mol. The lowest BCUT2D eigenvalue weighted by Gasteiger charge is -2.34. The first kappa shape index (κ1) is 15.8. The quantitative estimate of drug-likeness (QED) is 0.790. The van der Waals surface area contributed by atoms with Crippen LogP contribution in [0.5, 0.6) is 0 Å². The molecule has 4 rings (SSSR count). The summed E-state index contributed by atoms with van der Waals surface area (Å²) in [4.78, 5) is 4.52. The van der Waals surface area contributed by atoms with Crippen LogP contribution in [0.1, 0.15) is 23.6 Å². The summed E-state index contributed by atoms with van der Waals surface area (Å²) in [6.07, 6.45) is 2.74. The van der Waals surface area contributed by atoms with Crippen molar-refractivity contribution in [2.75, 3.05) is 6.54 Å². The van der Waals surface area contributed by atoms with E-state index in [-0.39, 0.29) is 17.9 Å². The van der Waals surface area contributed by atoms with Crippen LogP contribution in [-0.4, -0.2) is 18.5 Å². The maximum Gasteiger partial charge on any atom is 0.193 e. The molecule has 1 fully saturated rings. The van der Waals surface area contributed by atoms with Gasteiger partial charge in [-0.05, 0) is 47.7 Å². The fourth-order valence-corrected chi connectivity index (χ4v) is 3.60. The van der Waals surface area contributed by atoms with Gasteiger partial charge in [-0.1, -0.05) is 35.9 Å². The Morgan fingerprint density at radius 1 is 1.20 bits per heavy atom. The van der Waals surface area contributed by atoms with Gasteiger partial charge in [0, 0.05) is 18.8 Å². The number of nitrogens with zero attached hydrogens (tertiary/aromatic N) is 1. The van der Waals surface area contributed by atoms with Crippen LogP contribution in [0.2, 0.25) is 0 Å². The van der Waals surface area contributed by atoms with Crippen LogP contribution in [0.3, 0.4) is 0 Å². The van der Waals surface area contributed by atoms with E-state index in [9.17, 15) is 4.39 Å². The standard InChI is InChI=1S/C20H21FN4/c1-12-3-2-4-13(7-12)17-8-15(21)5-6-16(17)19-9-18-14(10-23-19)11-24-20(22)25-18/h2-8,11,18-19,23H,9-10H2,1H3,(H3,22,24,25)/t18-,19?/m1/s1. The minimum atomic E-state index is -0.221. The lowest BCUT2D eigenvalue weighted by atomic mass is 9.86.